The molecule has 0 aliphatic heterocycles. The van der Waals surface area contributed by atoms with Crippen molar-refractivity contribution in [2.45, 2.75) is 26.7 Å². The van der Waals surface area contributed by atoms with E-state index in [2.05, 4.69) is 83.7 Å². The second-order valence-corrected chi connectivity index (χ2v) is 27.3. The van der Waals surface area contributed by atoms with Crippen LogP contribution in [0.4, 0.5) is 0 Å². The molecule has 2 aromatic rings. The molecule has 0 saturated carbocycles. The van der Waals surface area contributed by atoms with Crippen LogP contribution in [0.25, 0.3) is 10.8 Å². The Morgan fingerprint density at radius 1 is 1.06 bits per heavy atom. The standard InChI is InChI=1S/C13H15.3BrH.Ti/c1-3-10-8-12-6-5-7-13(12)9-11(10)4-2;;;;/h5-9H,3-4H2,1-2H3;3*1H;/q-1;;;;+4/p-3. The number of hydrogen-bond acceptors (Lipinski definition) is 0. The van der Waals surface area contributed by atoms with Crippen molar-refractivity contribution in [1.82, 2.24) is 0 Å². The van der Waals surface area contributed by atoms with E-state index in [1.165, 1.54) is 21.9 Å². The molecule has 0 heterocycles. The van der Waals surface area contributed by atoms with Gasteiger partial charge in [0, 0.05) is 0 Å². The molecule has 0 amide bonds. The Kier molecular flexibility index (Phi) is 7.75. The van der Waals surface area contributed by atoms with Gasteiger partial charge in [-0.05, 0) is 12.8 Å². The molecule has 4 heteroatoms. The van der Waals surface area contributed by atoms with Crippen LogP contribution in [-0.2, 0) is 24.4 Å². The molecule has 0 atom stereocenters. The first-order valence-corrected chi connectivity index (χ1v) is 17.2. The van der Waals surface area contributed by atoms with Crippen molar-refractivity contribution in [2.75, 3.05) is 0 Å². The minimum absolute atomic E-state index is 0.896. The summed E-state index contributed by atoms with van der Waals surface area (Å²) in [6, 6.07) is 11.2. The third-order valence-electron chi connectivity index (χ3n) is 2.72. The van der Waals surface area contributed by atoms with Crippen molar-refractivity contribution in [3.8, 4) is 0 Å². The Morgan fingerprint density at radius 3 is 2.12 bits per heavy atom. The molecule has 0 aliphatic carbocycles. The molecule has 0 N–H and O–H groups in total. The summed E-state index contributed by atoms with van der Waals surface area (Å²) in [6.07, 6.45) is 2.29. The molecule has 0 unspecified atom stereocenters. The third kappa shape index (κ3) is 5.24. The quantitative estimate of drug-likeness (QED) is 0.370. The van der Waals surface area contributed by atoms with Crippen molar-refractivity contribution >= 4 is 50.3 Å². The van der Waals surface area contributed by atoms with Crippen LogP contribution in [-0.4, -0.2) is 0 Å². The first-order valence-electron chi connectivity index (χ1n) is 5.59. The predicted molar refractivity (Wildman–Crippen MR) is 85.1 cm³/mol. The fourth-order valence-electron chi connectivity index (χ4n) is 1.93. The fraction of sp³-hybridized carbons (Fsp3) is 0.308. The minimum atomic E-state index is -0.896. The topological polar surface area (TPSA) is 0 Å². The molecule has 17 heavy (non-hydrogen) atoms. The molecule has 0 fully saturated rings. The van der Waals surface area contributed by atoms with Crippen LogP contribution in [0.1, 0.15) is 25.0 Å². The molecule has 0 spiro atoms. The van der Waals surface area contributed by atoms with Crippen molar-refractivity contribution in [3.05, 3.63) is 41.5 Å². The van der Waals surface area contributed by atoms with Gasteiger partial charge in [-0.3, -0.25) is 0 Å². The summed E-state index contributed by atoms with van der Waals surface area (Å²) in [7, 11) is 0. The van der Waals surface area contributed by atoms with Crippen LogP contribution < -0.4 is 0 Å². The summed E-state index contributed by atoms with van der Waals surface area (Å²) in [6.45, 7) is 4.45. The van der Waals surface area contributed by atoms with E-state index in [0.717, 1.165) is 12.8 Å². The summed E-state index contributed by atoms with van der Waals surface area (Å²) in [4.78, 5) is 0. The van der Waals surface area contributed by atoms with Gasteiger partial charge in [0.1, 0.15) is 0 Å². The van der Waals surface area contributed by atoms with Crippen molar-refractivity contribution in [1.29, 1.82) is 0 Å². The summed E-state index contributed by atoms with van der Waals surface area (Å²) in [5.41, 5.74) is 3.00. The Bertz CT molecular complexity index is 422. The number of aryl methyl sites for hydroxylation is 2. The average Bonchev–Trinajstić information content (AvgIpc) is 2.73. The zero-order chi connectivity index (χ0) is 12.8. The number of benzene rings is 1. The van der Waals surface area contributed by atoms with E-state index in [0.29, 0.717) is 0 Å². The molecule has 92 valence electrons. The summed E-state index contributed by atoms with van der Waals surface area (Å²) in [5.74, 6) is 0. The molecule has 2 rings (SSSR count). The van der Waals surface area contributed by atoms with Crippen molar-refractivity contribution in [2.24, 2.45) is 0 Å². The van der Waals surface area contributed by atoms with Gasteiger partial charge in [0.2, 0.25) is 0 Å². The van der Waals surface area contributed by atoms with Gasteiger partial charge >= 0.3 is 51.1 Å². The van der Waals surface area contributed by atoms with Crippen LogP contribution in [0.2, 0.25) is 0 Å². The molecule has 2 aromatic carbocycles. The summed E-state index contributed by atoms with van der Waals surface area (Å²) < 4.78 is 0. The number of hydrogen-bond donors (Lipinski definition) is 0. The molecule has 0 bridgehead atoms. The van der Waals surface area contributed by atoms with E-state index in [1.54, 1.807) is 0 Å². The molecular weight excluding hydrogens is 444 g/mol. The molecule has 0 aliphatic rings. The Morgan fingerprint density at radius 2 is 1.59 bits per heavy atom. The van der Waals surface area contributed by atoms with E-state index in [4.69, 9.17) is 0 Å². The Labute approximate surface area is 129 Å². The second kappa shape index (κ2) is 8.21. The number of fused-ring (bicyclic) bond motifs is 1. The Balaban J connectivity index is 0.000000317. The van der Waals surface area contributed by atoms with Gasteiger partial charge in [-0.25, -0.2) is 0 Å². The normalized spacial score (nSPS) is 9.94. The van der Waals surface area contributed by atoms with Gasteiger partial charge in [0.25, 0.3) is 0 Å². The van der Waals surface area contributed by atoms with Crippen LogP contribution >= 0.6 is 39.5 Å². The van der Waals surface area contributed by atoms with Gasteiger partial charge in [-0.1, -0.05) is 25.0 Å². The molecule has 0 saturated heterocycles. The van der Waals surface area contributed by atoms with E-state index in [1.807, 2.05) is 0 Å². The van der Waals surface area contributed by atoms with Gasteiger partial charge in [-0.2, -0.15) is 12.1 Å². The zero-order valence-corrected chi connectivity index (χ0v) is 16.3. The molecule has 0 aromatic heterocycles. The van der Waals surface area contributed by atoms with Gasteiger partial charge in [0.15, 0.2) is 0 Å². The Hall–Kier alpha value is 0.984. The van der Waals surface area contributed by atoms with Gasteiger partial charge in [0.05, 0.1) is 0 Å². The summed E-state index contributed by atoms with van der Waals surface area (Å²) >= 11 is 8.92. The molecular formula is C13H15Br3Ti. The summed E-state index contributed by atoms with van der Waals surface area (Å²) in [5, 5.41) is 2.77. The van der Waals surface area contributed by atoms with Crippen molar-refractivity contribution in [3.63, 3.8) is 0 Å². The van der Waals surface area contributed by atoms with E-state index in [-0.39, 0.29) is 0 Å². The van der Waals surface area contributed by atoms with Gasteiger partial charge in [-0.15, -0.1) is 29.0 Å². The van der Waals surface area contributed by atoms with E-state index in [9.17, 15) is 0 Å². The maximum atomic E-state index is 3.27. The van der Waals surface area contributed by atoms with Crippen LogP contribution in [0.15, 0.2) is 30.3 Å². The van der Waals surface area contributed by atoms with E-state index < -0.39 is 11.6 Å². The maximum absolute atomic E-state index is 3.27. The first kappa shape index (κ1) is 16.0. The second-order valence-electron chi connectivity index (χ2n) is 3.70. The number of rotatable bonds is 2. The van der Waals surface area contributed by atoms with Crippen LogP contribution in [0, 0.1) is 0 Å². The van der Waals surface area contributed by atoms with Gasteiger partial charge < -0.3 is 0 Å². The predicted octanol–water partition coefficient (Wildman–Crippen LogP) is 6.22. The third-order valence-corrected chi connectivity index (χ3v) is 2.72. The number of halogens is 3. The van der Waals surface area contributed by atoms with Crippen molar-refractivity contribution < 1.29 is 11.6 Å². The monoisotopic (exact) mass is 456 g/mol. The van der Waals surface area contributed by atoms with Crippen LogP contribution in [0.3, 0.4) is 0 Å². The first-order chi connectivity index (χ1) is 8.08. The molecule has 0 radical (unpaired) electrons. The molecule has 0 nitrogen and oxygen atoms in total. The fourth-order valence-corrected chi connectivity index (χ4v) is 1.93. The average molecular weight is 459 g/mol. The zero-order valence-electron chi connectivity index (χ0n) is 9.93. The van der Waals surface area contributed by atoms with Crippen LogP contribution in [0.5, 0.6) is 0 Å². The van der Waals surface area contributed by atoms with E-state index >= 15 is 0 Å². The SMILES string of the molecule is CCc1cc2cc[cH-]c2cc1CC.[Br][Ti+]([Br])[Br].